The van der Waals surface area contributed by atoms with Gasteiger partial charge in [0, 0.05) is 16.7 Å². The maximum Gasteiger partial charge on any atom is 0.283 e. The lowest BCUT2D eigenvalue weighted by atomic mass is 9.35. The molecule has 0 aliphatic heterocycles. The second-order valence-corrected chi connectivity index (χ2v) is 15.7. The quantitative estimate of drug-likeness (QED) is 0.349. The summed E-state index contributed by atoms with van der Waals surface area (Å²) in [4.78, 5) is 31.5. The molecule has 0 N–H and O–H groups in total. The first-order chi connectivity index (χ1) is 19.0. The Morgan fingerprint density at radius 1 is 1.02 bits per heavy atom. The highest BCUT2D eigenvalue weighted by Crippen LogP contribution is 2.74. The fourth-order valence-corrected chi connectivity index (χ4v) is 10.6. The SMILES string of the molecule is [C-]#[N+]C1=C[C@]2(C)C3=CC(=O)[C@@H]4[C@@H]5CC(C)(C)CC[C@]5(n5cc(C(F)F)nn5)CC[C@@]4(C)[C@]3(C)CC[C@H]2C(C)(C)C1=O. The van der Waals surface area contributed by atoms with Crippen LogP contribution in [-0.2, 0) is 15.1 Å². The second kappa shape index (κ2) is 8.45. The molecule has 0 saturated heterocycles. The minimum atomic E-state index is -2.69. The number of hydrogen-bond donors (Lipinski definition) is 0. The van der Waals surface area contributed by atoms with Gasteiger partial charge in [-0.25, -0.2) is 18.3 Å². The van der Waals surface area contributed by atoms with E-state index in [9.17, 15) is 18.4 Å². The molecule has 0 unspecified atom stereocenters. The van der Waals surface area contributed by atoms with Gasteiger partial charge in [0.05, 0.1) is 18.3 Å². The van der Waals surface area contributed by atoms with Crippen LogP contribution < -0.4 is 0 Å². The van der Waals surface area contributed by atoms with Crippen molar-refractivity contribution < 1.29 is 18.4 Å². The first-order valence-corrected chi connectivity index (χ1v) is 15.1. The summed E-state index contributed by atoms with van der Waals surface area (Å²) in [5.41, 5.74) is -1.56. The van der Waals surface area contributed by atoms with E-state index in [2.05, 4.69) is 49.8 Å². The highest BCUT2D eigenvalue weighted by Gasteiger charge is 2.70. The van der Waals surface area contributed by atoms with Gasteiger partial charge >= 0.3 is 0 Å². The van der Waals surface area contributed by atoms with Crippen LogP contribution in [0.4, 0.5) is 8.78 Å². The second-order valence-electron chi connectivity index (χ2n) is 15.7. The molecular formula is C33H42F2N4O2. The zero-order chi connectivity index (χ0) is 30.0. The molecule has 7 atom stereocenters. The van der Waals surface area contributed by atoms with E-state index in [0.717, 1.165) is 50.5 Å². The van der Waals surface area contributed by atoms with Gasteiger partial charge in [0.25, 0.3) is 6.43 Å². The molecule has 5 aliphatic rings. The predicted molar refractivity (Wildman–Crippen MR) is 150 cm³/mol. The highest BCUT2D eigenvalue weighted by molar-refractivity contribution is 6.03. The van der Waals surface area contributed by atoms with E-state index in [1.54, 1.807) is 4.68 Å². The molecule has 41 heavy (non-hydrogen) atoms. The average molecular weight is 565 g/mol. The average Bonchev–Trinajstić information content (AvgIpc) is 3.39. The third kappa shape index (κ3) is 3.50. The molecule has 1 heterocycles. The number of fused-ring (bicyclic) bond motifs is 7. The number of rotatable bonds is 2. The van der Waals surface area contributed by atoms with Crippen LogP contribution in [0.2, 0.25) is 0 Å². The van der Waals surface area contributed by atoms with Crippen LogP contribution in [0.15, 0.2) is 29.6 Å². The predicted octanol–water partition coefficient (Wildman–Crippen LogP) is 7.50. The van der Waals surface area contributed by atoms with Gasteiger partial charge in [-0.2, -0.15) is 0 Å². The van der Waals surface area contributed by atoms with Crippen molar-refractivity contribution in [2.45, 2.75) is 105 Å². The van der Waals surface area contributed by atoms with Crippen LogP contribution in [0, 0.1) is 51.4 Å². The smallest absolute Gasteiger partial charge is 0.283 e. The summed E-state index contributed by atoms with van der Waals surface area (Å²) in [6.07, 6.45) is 8.20. The Hall–Kier alpha value is -2.69. The van der Waals surface area contributed by atoms with Gasteiger partial charge in [0.2, 0.25) is 5.70 Å². The minimum absolute atomic E-state index is 0.000475. The van der Waals surface area contributed by atoms with Crippen LogP contribution in [0.5, 0.6) is 0 Å². The summed E-state index contributed by atoms with van der Waals surface area (Å²) in [6.45, 7) is 22.9. The van der Waals surface area contributed by atoms with Crippen molar-refractivity contribution in [3.8, 4) is 0 Å². The first kappa shape index (κ1) is 28.4. The maximum absolute atomic E-state index is 14.6. The Morgan fingerprint density at radius 3 is 2.34 bits per heavy atom. The summed E-state index contributed by atoms with van der Waals surface area (Å²) in [5.74, 6) is -0.363. The van der Waals surface area contributed by atoms with Crippen molar-refractivity contribution in [2.24, 2.45) is 44.8 Å². The number of alkyl halides is 2. The molecule has 1 aromatic rings. The van der Waals surface area contributed by atoms with Crippen molar-refractivity contribution in [2.75, 3.05) is 0 Å². The van der Waals surface area contributed by atoms with Crippen molar-refractivity contribution in [3.05, 3.63) is 46.7 Å². The Labute approximate surface area is 241 Å². The number of halogens is 2. The summed E-state index contributed by atoms with van der Waals surface area (Å²) < 4.78 is 28.9. The maximum atomic E-state index is 14.6. The van der Waals surface area contributed by atoms with Crippen LogP contribution in [-0.4, -0.2) is 26.6 Å². The summed E-state index contributed by atoms with van der Waals surface area (Å²) in [6, 6.07) is 0. The number of carbonyl (C=O) groups is 2. The number of aromatic nitrogens is 3. The van der Waals surface area contributed by atoms with Crippen LogP contribution in [0.1, 0.15) is 106 Å². The third-order valence-corrected chi connectivity index (χ3v) is 13.0. The molecule has 3 saturated carbocycles. The number of Topliss-reactive ketones (excluding diaryl/α,β-unsaturated/α-hetero) is 1. The summed E-state index contributed by atoms with van der Waals surface area (Å²) >= 11 is 0. The Kier molecular flexibility index (Phi) is 5.86. The van der Waals surface area contributed by atoms with Crippen molar-refractivity contribution >= 4 is 11.6 Å². The zero-order valence-corrected chi connectivity index (χ0v) is 25.4. The molecular weight excluding hydrogens is 522 g/mol. The van der Waals surface area contributed by atoms with Crippen molar-refractivity contribution in [3.63, 3.8) is 0 Å². The van der Waals surface area contributed by atoms with Gasteiger partial charge in [-0.15, -0.1) is 5.10 Å². The largest absolute Gasteiger partial charge is 0.307 e. The fraction of sp³-hybridized carbons (Fsp3) is 0.727. The lowest BCUT2D eigenvalue weighted by molar-refractivity contribution is -0.169. The van der Waals surface area contributed by atoms with Crippen LogP contribution in [0.25, 0.3) is 4.85 Å². The molecule has 8 heteroatoms. The van der Waals surface area contributed by atoms with Crippen LogP contribution in [0.3, 0.4) is 0 Å². The van der Waals surface area contributed by atoms with Gasteiger partial charge in [-0.3, -0.25) is 4.79 Å². The van der Waals surface area contributed by atoms with Gasteiger partial charge in [0.15, 0.2) is 11.6 Å². The van der Waals surface area contributed by atoms with Gasteiger partial charge in [-0.1, -0.05) is 65.3 Å². The van der Waals surface area contributed by atoms with E-state index >= 15 is 0 Å². The van der Waals surface area contributed by atoms with Gasteiger partial charge < -0.3 is 4.79 Å². The van der Waals surface area contributed by atoms with Crippen LogP contribution >= 0.6 is 0 Å². The molecule has 3 fully saturated rings. The molecule has 1 aromatic heterocycles. The Bertz CT molecular complexity index is 1450. The van der Waals surface area contributed by atoms with E-state index < -0.39 is 22.8 Å². The number of ketones is 2. The molecule has 0 bridgehead atoms. The molecule has 6 rings (SSSR count). The van der Waals surface area contributed by atoms with Gasteiger partial charge in [0.1, 0.15) is 5.69 Å². The number of allylic oxidation sites excluding steroid dienone is 4. The van der Waals surface area contributed by atoms with E-state index in [0.29, 0.717) is 0 Å². The standard InChI is InChI=1S/C33H42F2N4O2/c1-28(2)11-13-33(39-18-21(27(34)35)37-38-39)14-12-32(7)25(19(33)16-28)22(40)15-24-30(5)17-20(36-8)26(41)29(3,4)23(30)9-10-31(24,32)6/h15,17-19,23,25,27H,9-14,16H2,1-7H3/t19-,23-,25-,30-,31+,32+,33-/m0/s1. The van der Waals surface area contributed by atoms with Crippen molar-refractivity contribution in [1.29, 1.82) is 0 Å². The topological polar surface area (TPSA) is 69.2 Å². The van der Waals surface area contributed by atoms with E-state index in [4.69, 9.17) is 6.57 Å². The Morgan fingerprint density at radius 2 is 1.71 bits per heavy atom. The summed E-state index contributed by atoms with van der Waals surface area (Å²) in [5, 5.41) is 8.10. The normalized spacial score (nSPS) is 42.7. The molecule has 0 aromatic carbocycles. The molecule has 0 spiro atoms. The van der Waals surface area contributed by atoms with E-state index in [-0.39, 0.29) is 57.0 Å². The summed E-state index contributed by atoms with van der Waals surface area (Å²) in [7, 11) is 0. The van der Waals surface area contributed by atoms with Gasteiger partial charge in [-0.05, 0) is 79.1 Å². The Balaban J connectivity index is 1.52. The number of carbonyl (C=O) groups excluding carboxylic acids is 2. The molecule has 6 nitrogen and oxygen atoms in total. The monoisotopic (exact) mass is 564 g/mol. The zero-order valence-electron chi connectivity index (χ0n) is 25.4. The lowest BCUT2D eigenvalue weighted by Crippen LogP contribution is -2.66. The number of hydrogen-bond acceptors (Lipinski definition) is 4. The fourth-order valence-electron chi connectivity index (χ4n) is 10.6. The third-order valence-electron chi connectivity index (χ3n) is 13.0. The molecule has 5 aliphatic carbocycles. The lowest BCUT2D eigenvalue weighted by Gasteiger charge is -2.69. The number of nitrogens with zero attached hydrogens (tertiary/aromatic N) is 4. The molecule has 0 amide bonds. The van der Waals surface area contributed by atoms with E-state index in [1.165, 1.54) is 6.20 Å². The highest BCUT2D eigenvalue weighted by atomic mass is 19.3. The molecule has 0 radical (unpaired) electrons. The van der Waals surface area contributed by atoms with Crippen molar-refractivity contribution in [1.82, 2.24) is 15.0 Å². The first-order valence-electron chi connectivity index (χ1n) is 15.1. The van der Waals surface area contributed by atoms with E-state index in [1.807, 2.05) is 26.0 Å². The minimum Gasteiger partial charge on any atom is -0.307 e. The molecule has 220 valence electrons.